The van der Waals surface area contributed by atoms with Crippen LogP contribution in [0, 0.1) is 5.92 Å². The van der Waals surface area contributed by atoms with Crippen molar-refractivity contribution in [2.24, 2.45) is 5.92 Å². The number of amides is 1. The molecular weight excluding hydrogens is 154 g/mol. The average Bonchev–Trinajstić information content (AvgIpc) is 2.16. The number of nitrogens with one attached hydrogen (secondary N) is 1. The number of carbonyl (C=O) groups excluding carboxylic acids is 2. The molecule has 0 aromatic carbocycles. The molecule has 1 unspecified atom stereocenters. The molecule has 3 heteroatoms. The SMILES string of the molecule is CC.CNC(=O)C(C)CCC=O. The molecule has 0 saturated carbocycles. The van der Waals surface area contributed by atoms with Crippen molar-refractivity contribution < 1.29 is 9.59 Å². The minimum Gasteiger partial charge on any atom is -0.359 e. The molecule has 0 saturated heterocycles. The van der Waals surface area contributed by atoms with E-state index in [0.29, 0.717) is 12.8 Å². The van der Waals surface area contributed by atoms with Crippen LogP contribution in [0.5, 0.6) is 0 Å². The van der Waals surface area contributed by atoms with Gasteiger partial charge >= 0.3 is 0 Å². The van der Waals surface area contributed by atoms with Crippen molar-refractivity contribution in [3.8, 4) is 0 Å². The molecule has 0 spiro atoms. The van der Waals surface area contributed by atoms with Crippen LogP contribution in [0.1, 0.15) is 33.6 Å². The molecule has 0 rings (SSSR count). The normalized spacial score (nSPS) is 10.7. The summed E-state index contributed by atoms with van der Waals surface area (Å²) < 4.78 is 0. The molecule has 0 aliphatic heterocycles. The van der Waals surface area contributed by atoms with E-state index in [1.165, 1.54) is 0 Å². The summed E-state index contributed by atoms with van der Waals surface area (Å²) in [6.45, 7) is 5.81. The van der Waals surface area contributed by atoms with Crippen molar-refractivity contribution in [2.75, 3.05) is 7.05 Å². The Hall–Kier alpha value is -0.860. The predicted octanol–water partition coefficient (Wildman–Crippen LogP) is 1.37. The first kappa shape index (κ1) is 13.7. The lowest BCUT2D eigenvalue weighted by Gasteiger charge is -2.05. The van der Waals surface area contributed by atoms with E-state index in [4.69, 9.17) is 0 Å². The third-order valence-electron chi connectivity index (χ3n) is 1.41. The van der Waals surface area contributed by atoms with E-state index in [1.807, 2.05) is 20.8 Å². The monoisotopic (exact) mass is 173 g/mol. The van der Waals surface area contributed by atoms with Crippen LogP contribution in [-0.4, -0.2) is 19.2 Å². The summed E-state index contributed by atoms with van der Waals surface area (Å²) in [6, 6.07) is 0. The average molecular weight is 173 g/mol. The van der Waals surface area contributed by atoms with Gasteiger partial charge in [-0.2, -0.15) is 0 Å². The minimum absolute atomic E-state index is 0.00171. The summed E-state index contributed by atoms with van der Waals surface area (Å²) in [7, 11) is 1.60. The van der Waals surface area contributed by atoms with Gasteiger partial charge in [-0.1, -0.05) is 20.8 Å². The van der Waals surface area contributed by atoms with Gasteiger partial charge in [-0.05, 0) is 6.42 Å². The van der Waals surface area contributed by atoms with Gasteiger partial charge in [-0.25, -0.2) is 0 Å². The van der Waals surface area contributed by atoms with Crippen LogP contribution < -0.4 is 5.32 Å². The highest BCUT2D eigenvalue weighted by Crippen LogP contribution is 2.02. The molecule has 12 heavy (non-hydrogen) atoms. The van der Waals surface area contributed by atoms with Gasteiger partial charge in [0.25, 0.3) is 0 Å². The van der Waals surface area contributed by atoms with E-state index in [2.05, 4.69) is 5.32 Å². The minimum atomic E-state index is -0.0461. The van der Waals surface area contributed by atoms with E-state index < -0.39 is 0 Å². The summed E-state index contributed by atoms with van der Waals surface area (Å²) in [4.78, 5) is 20.7. The molecule has 0 heterocycles. The molecule has 0 radical (unpaired) electrons. The van der Waals surface area contributed by atoms with Gasteiger partial charge in [0.15, 0.2) is 0 Å². The van der Waals surface area contributed by atoms with Crippen LogP contribution in [0.15, 0.2) is 0 Å². The lowest BCUT2D eigenvalue weighted by molar-refractivity contribution is -0.124. The maximum absolute atomic E-state index is 10.8. The third-order valence-corrected chi connectivity index (χ3v) is 1.41. The summed E-state index contributed by atoms with van der Waals surface area (Å²) in [5.74, 6) is -0.0444. The highest BCUT2D eigenvalue weighted by Gasteiger charge is 2.08. The fourth-order valence-corrected chi connectivity index (χ4v) is 0.696. The van der Waals surface area contributed by atoms with E-state index in [1.54, 1.807) is 7.05 Å². The Kier molecular flexibility index (Phi) is 11.6. The molecule has 0 fully saturated rings. The van der Waals surface area contributed by atoms with E-state index in [0.717, 1.165) is 6.29 Å². The van der Waals surface area contributed by atoms with E-state index in [-0.39, 0.29) is 11.8 Å². The van der Waals surface area contributed by atoms with Crippen LogP contribution in [-0.2, 0) is 9.59 Å². The van der Waals surface area contributed by atoms with Crippen molar-refractivity contribution in [1.82, 2.24) is 5.32 Å². The Morgan fingerprint density at radius 2 is 2.00 bits per heavy atom. The van der Waals surface area contributed by atoms with E-state index >= 15 is 0 Å². The van der Waals surface area contributed by atoms with Gasteiger partial charge in [0.2, 0.25) is 5.91 Å². The van der Waals surface area contributed by atoms with Crippen molar-refractivity contribution in [2.45, 2.75) is 33.6 Å². The van der Waals surface area contributed by atoms with E-state index in [9.17, 15) is 9.59 Å². The van der Waals surface area contributed by atoms with Crippen molar-refractivity contribution >= 4 is 12.2 Å². The van der Waals surface area contributed by atoms with Gasteiger partial charge in [0.05, 0.1) is 0 Å². The summed E-state index contributed by atoms with van der Waals surface area (Å²) in [5.41, 5.74) is 0. The lowest BCUT2D eigenvalue weighted by atomic mass is 10.1. The predicted molar refractivity (Wildman–Crippen MR) is 49.9 cm³/mol. The molecule has 1 N–H and O–H groups in total. The molecule has 72 valence electrons. The third kappa shape index (κ3) is 7.25. The fourth-order valence-electron chi connectivity index (χ4n) is 0.696. The Morgan fingerprint density at radius 1 is 1.50 bits per heavy atom. The molecule has 1 atom stereocenters. The van der Waals surface area contributed by atoms with Gasteiger partial charge in [0.1, 0.15) is 6.29 Å². The highest BCUT2D eigenvalue weighted by atomic mass is 16.1. The Labute approximate surface area is 74.5 Å². The fraction of sp³-hybridized carbons (Fsp3) is 0.778. The van der Waals surface area contributed by atoms with Crippen LogP contribution in [0.4, 0.5) is 0 Å². The first-order valence-electron chi connectivity index (χ1n) is 4.37. The second-order valence-corrected chi connectivity index (χ2v) is 2.26. The first-order chi connectivity index (χ1) is 5.72. The second-order valence-electron chi connectivity index (χ2n) is 2.26. The standard InChI is InChI=1S/C7H13NO2.C2H6/c1-6(4-3-5-9)7(10)8-2;1-2/h5-6H,3-4H2,1-2H3,(H,8,10);1-2H3. The van der Waals surface area contributed by atoms with Gasteiger partial charge in [-0.15, -0.1) is 0 Å². The molecule has 0 aliphatic rings. The topological polar surface area (TPSA) is 46.2 Å². The maximum atomic E-state index is 10.8. The summed E-state index contributed by atoms with van der Waals surface area (Å²) in [5, 5.41) is 2.52. The maximum Gasteiger partial charge on any atom is 0.222 e. The first-order valence-corrected chi connectivity index (χ1v) is 4.37. The van der Waals surface area contributed by atoms with Crippen molar-refractivity contribution in [3.05, 3.63) is 0 Å². The van der Waals surface area contributed by atoms with Crippen molar-refractivity contribution in [3.63, 3.8) is 0 Å². The number of rotatable bonds is 4. The molecule has 0 bridgehead atoms. The Bertz CT molecular complexity index is 124. The van der Waals surface area contributed by atoms with Crippen LogP contribution in [0.2, 0.25) is 0 Å². The molecule has 0 aromatic heterocycles. The molecule has 3 nitrogen and oxygen atoms in total. The zero-order valence-electron chi connectivity index (χ0n) is 8.39. The van der Waals surface area contributed by atoms with Crippen LogP contribution in [0.3, 0.4) is 0 Å². The largest absolute Gasteiger partial charge is 0.359 e. The number of aldehydes is 1. The number of hydrogen-bond donors (Lipinski definition) is 1. The summed E-state index contributed by atoms with van der Waals surface area (Å²) >= 11 is 0. The van der Waals surface area contributed by atoms with Gasteiger partial charge in [0, 0.05) is 19.4 Å². The van der Waals surface area contributed by atoms with Crippen LogP contribution >= 0.6 is 0 Å². The molecular formula is C9H19NO2. The van der Waals surface area contributed by atoms with Gasteiger partial charge in [-0.3, -0.25) is 4.79 Å². The quantitative estimate of drug-likeness (QED) is 0.653. The molecule has 0 aromatic rings. The lowest BCUT2D eigenvalue weighted by Crippen LogP contribution is -2.25. The Balaban J connectivity index is 0. The zero-order valence-corrected chi connectivity index (χ0v) is 8.39. The molecule has 0 aliphatic carbocycles. The smallest absolute Gasteiger partial charge is 0.222 e. The van der Waals surface area contributed by atoms with Gasteiger partial charge < -0.3 is 10.1 Å². The highest BCUT2D eigenvalue weighted by molar-refractivity contribution is 5.78. The molecule has 1 amide bonds. The Morgan fingerprint density at radius 3 is 2.33 bits per heavy atom. The van der Waals surface area contributed by atoms with Crippen LogP contribution in [0.25, 0.3) is 0 Å². The van der Waals surface area contributed by atoms with Crippen molar-refractivity contribution in [1.29, 1.82) is 0 Å². The second kappa shape index (κ2) is 10.1. The zero-order chi connectivity index (χ0) is 9.98. The number of hydrogen-bond acceptors (Lipinski definition) is 2. The number of carbonyl (C=O) groups is 2. The summed E-state index contributed by atoms with van der Waals surface area (Å²) in [6.07, 6.45) is 1.94.